The number of nitrogens with zero attached hydrogens (tertiary/aromatic N) is 7. The van der Waals surface area contributed by atoms with Crippen molar-refractivity contribution < 1.29 is 43.6 Å². The number of fused-ring (bicyclic) bond motifs is 4. The summed E-state index contributed by atoms with van der Waals surface area (Å²) in [7, 11) is 0. The minimum atomic E-state index is -0.816. The summed E-state index contributed by atoms with van der Waals surface area (Å²) >= 11 is 0. The van der Waals surface area contributed by atoms with Gasteiger partial charge in [-0.1, -0.05) is 195 Å². The van der Waals surface area contributed by atoms with Crippen molar-refractivity contribution in [2.75, 3.05) is 9.80 Å². The topological polar surface area (TPSA) is 106 Å². The van der Waals surface area contributed by atoms with E-state index in [0.717, 1.165) is 55.4 Å². The molecule has 0 saturated carbocycles. The third kappa shape index (κ3) is 10.4. The summed E-state index contributed by atoms with van der Waals surface area (Å²) in [5.74, 6) is 1.65. The van der Waals surface area contributed by atoms with Gasteiger partial charge in [0.05, 0.1) is 12.3 Å². The van der Waals surface area contributed by atoms with E-state index >= 15 is 0 Å². The Hall–Kier alpha value is -9.17. The van der Waals surface area contributed by atoms with E-state index in [1.54, 1.807) is 46.8 Å². The van der Waals surface area contributed by atoms with Gasteiger partial charge in [-0.05, 0) is 78.2 Å². The van der Waals surface area contributed by atoms with E-state index in [-0.39, 0.29) is 60.2 Å². The van der Waals surface area contributed by atoms with Gasteiger partial charge in [0.2, 0.25) is 0 Å². The number of aromatic nitrogens is 5. The van der Waals surface area contributed by atoms with Crippen LogP contribution in [0.25, 0.3) is 84.0 Å². The number of anilines is 4. The van der Waals surface area contributed by atoms with Crippen LogP contribution >= 0.6 is 0 Å². The molecular formula is C70H55N7O2Pt-4. The molecule has 12 aromatic rings. The number of phenols is 1. The van der Waals surface area contributed by atoms with Gasteiger partial charge in [0.1, 0.15) is 17.4 Å². The first-order valence-corrected chi connectivity index (χ1v) is 25.6. The average molecular weight is 1230 g/mol. The number of hydrogen-bond acceptors (Lipinski definition) is 8. The molecule has 0 fully saturated rings. The van der Waals surface area contributed by atoms with Crippen LogP contribution in [0.5, 0.6) is 11.5 Å². The van der Waals surface area contributed by atoms with Crippen molar-refractivity contribution in [2.24, 2.45) is 0 Å². The van der Waals surface area contributed by atoms with Gasteiger partial charge < -0.3 is 24.6 Å². The van der Waals surface area contributed by atoms with Crippen molar-refractivity contribution in [3.8, 4) is 73.7 Å². The van der Waals surface area contributed by atoms with Crippen molar-refractivity contribution in [3.63, 3.8) is 0 Å². The second-order valence-corrected chi connectivity index (χ2v) is 20.3. The Bertz CT molecular complexity index is 4560. The zero-order valence-electron chi connectivity index (χ0n) is 53.4. The number of pyridine rings is 1. The number of benzene rings is 9. The Labute approximate surface area is 494 Å². The van der Waals surface area contributed by atoms with Gasteiger partial charge in [0.15, 0.2) is 11.6 Å². The van der Waals surface area contributed by atoms with Gasteiger partial charge in [0, 0.05) is 72.1 Å². The normalized spacial score (nSPS) is 13.6. The summed E-state index contributed by atoms with van der Waals surface area (Å²) in [6.45, 7) is 13.8. The van der Waals surface area contributed by atoms with Crippen LogP contribution in [0.3, 0.4) is 0 Å². The summed E-state index contributed by atoms with van der Waals surface area (Å²) in [5.41, 5.74) is 10.4. The second kappa shape index (κ2) is 21.9. The quantitative estimate of drug-likeness (QED) is 0.150. The summed E-state index contributed by atoms with van der Waals surface area (Å²) in [4.78, 5) is 22.9. The standard InChI is InChI=1S/C35H26N5.C35H30N2O2.Pt/c1-22-11-15-25(16-12-22)33-37-34(26-17-13-23(2)14-18-26)39-35(38-33)28-21-29-27-8-4-5-9-30(27)40(31(29)20-24(28)3)32-10-6-7-19-36-32;1-35(2,3)26-20-27(22-29(39)21-26)36-23-37(33-15-8-7-14-32(33)36)34-30(24-10-5-4-6-11-24)12-9-13-31(34)25-16-18-28(38)19-17-25;/h4-19,21H,1-3H3;4-21,23,38-39H,1-3H3;/q-1;-2;/p-1/i;4D,5D,6D,10D,11D,16D,17D,18D,19D;. The average Bonchev–Trinajstić information content (AvgIpc) is 1.73. The molecule has 80 heavy (non-hydrogen) atoms. The Morgan fingerprint density at radius 3 is 1.77 bits per heavy atom. The van der Waals surface area contributed by atoms with E-state index < -0.39 is 60.1 Å². The van der Waals surface area contributed by atoms with Crippen molar-refractivity contribution in [1.29, 1.82) is 0 Å². The zero-order chi connectivity index (χ0) is 62.2. The van der Waals surface area contributed by atoms with Crippen LogP contribution in [0.15, 0.2) is 212 Å². The number of para-hydroxylation sites is 4. The molecule has 396 valence electrons. The second-order valence-electron chi connectivity index (χ2n) is 20.3. The fourth-order valence-corrected chi connectivity index (χ4v) is 9.75. The third-order valence-electron chi connectivity index (χ3n) is 13.8. The maximum absolute atomic E-state index is 12.9. The van der Waals surface area contributed by atoms with Crippen LogP contribution < -0.4 is 14.9 Å². The first-order chi connectivity index (χ1) is 42.1. The predicted octanol–water partition coefficient (Wildman–Crippen LogP) is 16.4. The summed E-state index contributed by atoms with van der Waals surface area (Å²) < 4.78 is 78.9. The minimum absolute atomic E-state index is 0. The minimum Gasteiger partial charge on any atom is -0.891 e. The summed E-state index contributed by atoms with van der Waals surface area (Å²) in [6.07, 6.45) is 1.82. The van der Waals surface area contributed by atoms with Crippen LogP contribution in [0.4, 0.5) is 22.7 Å². The van der Waals surface area contributed by atoms with Crippen LogP contribution in [-0.2, 0) is 26.5 Å². The molecule has 0 unspecified atom stereocenters. The van der Waals surface area contributed by atoms with E-state index in [0.29, 0.717) is 34.5 Å². The summed E-state index contributed by atoms with van der Waals surface area (Å²) in [5, 5.41) is 25.4. The predicted molar refractivity (Wildman–Crippen MR) is 319 cm³/mol. The Balaban J connectivity index is 0.000000184. The van der Waals surface area contributed by atoms with E-state index in [9.17, 15) is 10.2 Å². The Morgan fingerprint density at radius 1 is 0.562 bits per heavy atom. The Morgan fingerprint density at radius 2 is 1.15 bits per heavy atom. The largest absolute Gasteiger partial charge is 0.891 e. The molecule has 9 aromatic carbocycles. The van der Waals surface area contributed by atoms with Crippen LogP contribution in [0.2, 0.25) is 0 Å². The van der Waals surface area contributed by atoms with Crippen molar-refractivity contribution in [3.05, 3.63) is 253 Å². The van der Waals surface area contributed by atoms with Crippen LogP contribution in [-0.4, -0.2) is 29.6 Å². The molecule has 3 aromatic heterocycles. The molecule has 1 aliphatic heterocycles. The molecule has 0 bridgehead atoms. The van der Waals surface area contributed by atoms with Gasteiger partial charge in [-0.25, -0.2) is 25.7 Å². The molecule has 0 radical (unpaired) electrons. The van der Waals surface area contributed by atoms with Crippen LogP contribution in [0.1, 0.15) is 55.4 Å². The molecule has 0 atom stereocenters. The molecule has 1 aliphatic rings. The fourth-order valence-electron chi connectivity index (χ4n) is 9.75. The number of hydrogen-bond donors (Lipinski definition) is 1. The molecular weight excluding hydrogens is 1170 g/mol. The van der Waals surface area contributed by atoms with Gasteiger partial charge >= 0.3 is 0 Å². The number of rotatable bonds is 8. The van der Waals surface area contributed by atoms with Crippen LogP contribution in [0, 0.1) is 39.6 Å². The van der Waals surface area contributed by atoms with E-state index in [1.165, 1.54) is 23.3 Å². The molecule has 0 amide bonds. The molecule has 0 aliphatic carbocycles. The third-order valence-corrected chi connectivity index (χ3v) is 13.8. The summed E-state index contributed by atoms with van der Waals surface area (Å²) in [6, 6.07) is 49.9. The van der Waals surface area contributed by atoms with E-state index in [2.05, 4.69) is 121 Å². The maximum atomic E-state index is 12.9. The molecule has 9 nitrogen and oxygen atoms in total. The van der Waals surface area contributed by atoms with Crippen molar-refractivity contribution in [1.82, 2.24) is 24.5 Å². The van der Waals surface area contributed by atoms with Gasteiger partial charge in [0.25, 0.3) is 0 Å². The first-order valence-electron chi connectivity index (χ1n) is 30.1. The van der Waals surface area contributed by atoms with Crippen molar-refractivity contribution in [2.45, 2.75) is 47.0 Å². The molecule has 1 N–H and O–H groups in total. The number of aromatic hydroxyl groups is 1. The fraction of sp³-hybridized carbons (Fsp3) is 0.100. The molecule has 13 rings (SSSR count). The monoisotopic (exact) mass is 1230 g/mol. The molecule has 10 heteroatoms. The zero-order valence-corrected chi connectivity index (χ0v) is 46.7. The smallest absolute Gasteiger partial charge is 0.162 e. The van der Waals surface area contributed by atoms with Gasteiger partial charge in [-0.3, -0.25) is 0 Å². The Kier molecular flexibility index (Phi) is 11.7. The molecule has 4 heterocycles. The van der Waals surface area contributed by atoms with Gasteiger partial charge in [-0.15, -0.1) is 23.8 Å². The maximum Gasteiger partial charge on any atom is 0.162 e. The first kappa shape index (κ1) is 42.8. The van der Waals surface area contributed by atoms with Crippen molar-refractivity contribution >= 4 is 44.6 Å². The SMILES string of the molecule is Cc1ccc(-c2nc(-c3ccc(C)cc3)nc(-c3cc4c5ccccc5n(-c5ccccn5)c4[c-]c3C)n2)cc1.[2H]c1c([2H])c([2H])c(-c2cccc(-c3c([2H])c([2H])c(O)c([2H])c3[2H])c2N2[CH-]N(c3[c-]c([O-])cc(C(C)(C)C)c3)c3ccccc32)c([2H])c1[2H].[Pt]. The van der Waals surface area contributed by atoms with E-state index in [1.807, 2.05) is 57.3 Å². The van der Waals surface area contributed by atoms with E-state index in [4.69, 9.17) is 27.3 Å². The van der Waals surface area contributed by atoms with Gasteiger partial charge in [-0.2, -0.15) is 35.4 Å². The molecule has 0 spiro atoms. The number of aryl methyl sites for hydroxylation is 3. The number of phenolic OH excluding ortho intramolecular Hbond substituents is 1. The molecule has 0 saturated heterocycles.